The van der Waals surface area contributed by atoms with Crippen molar-refractivity contribution in [2.24, 2.45) is 0 Å². The van der Waals surface area contributed by atoms with Crippen LogP contribution in [0.3, 0.4) is 0 Å². The summed E-state index contributed by atoms with van der Waals surface area (Å²) in [6, 6.07) is 5.70. The molecule has 0 aliphatic carbocycles. The van der Waals surface area contributed by atoms with E-state index in [-0.39, 0.29) is 0 Å². The van der Waals surface area contributed by atoms with E-state index in [0.29, 0.717) is 12.3 Å². The van der Waals surface area contributed by atoms with Crippen molar-refractivity contribution in [2.75, 3.05) is 32.7 Å². The molecule has 0 N–H and O–H groups in total. The van der Waals surface area contributed by atoms with Gasteiger partial charge in [-0.15, -0.1) is 0 Å². The van der Waals surface area contributed by atoms with Crippen LogP contribution < -0.4 is 4.90 Å². The number of allylic oxidation sites excluding steroid dienone is 2. The Bertz CT molecular complexity index is 513. The Morgan fingerprint density at radius 2 is 2.26 bits per heavy atom. The first-order chi connectivity index (χ1) is 9.13. The van der Waals surface area contributed by atoms with E-state index >= 15 is 0 Å². The summed E-state index contributed by atoms with van der Waals surface area (Å²) in [4.78, 5) is 6.39. The third-order valence-corrected chi connectivity index (χ3v) is 2.67. The normalized spacial score (nSPS) is 10.9. The van der Waals surface area contributed by atoms with Gasteiger partial charge < -0.3 is 9.64 Å². The van der Waals surface area contributed by atoms with Gasteiger partial charge in [-0.05, 0) is 24.1 Å². The lowest BCUT2D eigenvalue weighted by Crippen LogP contribution is -2.13. The van der Waals surface area contributed by atoms with Crippen molar-refractivity contribution >= 4 is 11.3 Å². The number of rotatable bonds is 6. The van der Waals surface area contributed by atoms with E-state index in [1.807, 2.05) is 31.1 Å². The van der Waals surface area contributed by atoms with Crippen LogP contribution in [0.2, 0.25) is 0 Å². The van der Waals surface area contributed by atoms with E-state index in [0.717, 1.165) is 23.4 Å². The quantitative estimate of drug-likeness (QED) is 0.735. The minimum atomic E-state index is 0.410. The summed E-state index contributed by atoms with van der Waals surface area (Å²) in [5, 5.41) is 8.99. The summed E-state index contributed by atoms with van der Waals surface area (Å²) < 4.78 is 5.12. The highest BCUT2D eigenvalue weighted by Gasteiger charge is 2.12. The molecule has 0 saturated carbocycles. The number of nitrogens with zero attached hydrogens (tertiary/aromatic N) is 3. The van der Waals surface area contributed by atoms with Gasteiger partial charge in [0.15, 0.2) is 0 Å². The minimum absolute atomic E-state index is 0.410. The molecule has 0 unspecified atom stereocenters. The monoisotopic (exact) mass is 257 g/mol. The number of aromatic nitrogens is 1. The van der Waals surface area contributed by atoms with Crippen LogP contribution >= 0.6 is 0 Å². The zero-order valence-electron chi connectivity index (χ0n) is 11.7. The highest BCUT2D eigenvalue weighted by atomic mass is 16.5. The lowest BCUT2D eigenvalue weighted by atomic mass is 10.1. The molecule has 0 saturated heterocycles. The molecule has 0 atom stereocenters. The first kappa shape index (κ1) is 14.9. The van der Waals surface area contributed by atoms with E-state index < -0.39 is 0 Å². The van der Waals surface area contributed by atoms with Crippen molar-refractivity contribution in [2.45, 2.75) is 6.42 Å². The maximum atomic E-state index is 8.99. The largest absolute Gasteiger partial charge is 0.384 e. The summed E-state index contributed by atoms with van der Waals surface area (Å²) in [6.45, 7) is 4.33. The van der Waals surface area contributed by atoms with Gasteiger partial charge in [-0.3, -0.25) is 0 Å². The van der Waals surface area contributed by atoms with Crippen molar-refractivity contribution < 1.29 is 4.74 Å². The van der Waals surface area contributed by atoms with Crippen LogP contribution in [0, 0.1) is 11.3 Å². The molecule has 4 nitrogen and oxygen atoms in total. The molecule has 19 heavy (non-hydrogen) atoms. The van der Waals surface area contributed by atoms with Crippen molar-refractivity contribution in [3.8, 4) is 6.07 Å². The van der Waals surface area contributed by atoms with Gasteiger partial charge in [0.25, 0.3) is 0 Å². The number of ether oxygens (including phenoxy) is 1. The highest BCUT2D eigenvalue weighted by Crippen LogP contribution is 2.27. The lowest BCUT2D eigenvalue weighted by molar-refractivity contribution is 0.206. The Hall–Kier alpha value is -2.12. The van der Waals surface area contributed by atoms with Crippen LogP contribution in [0.25, 0.3) is 5.57 Å². The van der Waals surface area contributed by atoms with Gasteiger partial charge >= 0.3 is 0 Å². The Morgan fingerprint density at radius 3 is 2.79 bits per heavy atom. The number of nitriles is 1. The Kier molecular flexibility index (Phi) is 5.77. The zero-order valence-corrected chi connectivity index (χ0v) is 11.7. The molecule has 1 heterocycles. The summed E-state index contributed by atoms with van der Waals surface area (Å²) in [5.74, 6) is 0. The number of hydrogen-bond acceptors (Lipinski definition) is 4. The summed E-state index contributed by atoms with van der Waals surface area (Å²) in [7, 11) is 5.57. The van der Waals surface area contributed by atoms with Gasteiger partial charge in [0.1, 0.15) is 11.8 Å². The average molecular weight is 257 g/mol. The zero-order chi connectivity index (χ0) is 14.3. The number of methoxy groups -OCH3 is 1. The van der Waals surface area contributed by atoms with Crippen LogP contribution in [0.4, 0.5) is 5.69 Å². The van der Waals surface area contributed by atoms with E-state index in [4.69, 9.17) is 10.00 Å². The minimum Gasteiger partial charge on any atom is -0.384 e. The van der Waals surface area contributed by atoms with Crippen molar-refractivity contribution in [3.63, 3.8) is 0 Å². The van der Waals surface area contributed by atoms with Crippen LogP contribution in [0.15, 0.2) is 30.9 Å². The highest BCUT2D eigenvalue weighted by molar-refractivity contribution is 5.75. The fraction of sp³-hybridized carbons (Fsp3) is 0.333. The fourth-order valence-electron chi connectivity index (χ4n) is 1.75. The second-order valence-electron chi connectivity index (χ2n) is 4.24. The first-order valence-electron chi connectivity index (χ1n) is 6.03. The molecule has 1 aromatic heterocycles. The molecule has 4 heteroatoms. The van der Waals surface area contributed by atoms with Crippen molar-refractivity contribution in [3.05, 3.63) is 42.3 Å². The molecular weight excluding hydrogens is 238 g/mol. The predicted octanol–water partition coefficient (Wildman–Crippen LogP) is 2.63. The molecule has 0 spiro atoms. The third-order valence-electron chi connectivity index (χ3n) is 2.67. The molecule has 1 aromatic rings. The van der Waals surface area contributed by atoms with E-state index in [1.54, 1.807) is 19.3 Å². The van der Waals surface area contributed by atoms with Gasteiger partial charge in [-0.25, -0.2) is 4.98 Å². The van der Waals surface area contributed by atoms with Crippen LogP contribution in [-0.4, -0.2) is 32.8 Å². The second-order valence-corrected chi connectivity index (χ2v) is 4.24. The summed E-state index contributed by atoms with van der Waals surface area (Å²) in [5.41, 5.74) is 3.20. The number of hydrogen-bond donors (Lipinski definition) is 0. The molecule has 0 radical (unpaired) electrons. The van der Waals surface area contributed by atoms with Gasteiger partial charge in [-0.1, -0.05) is 18.7 Å². The molecule has 0 fully saturated rings. The fourth-order valence-corrected chi connectivity index (χ4v) is 1.75. The molecule has 0 bridgehead atoms. The van der Waals surface area contributed by atoms with E-state index in [2.05, 4.69) is 17.6 Å². The van der Waals surface area contributed by atoms with Gasteiger partial charge in [-0.2, -0.15) is 5.26 Å². The van der Waals surface area contributed by atoms with Crippen molar-refractivity contribution in [1.29, 1.82) is 5.26 Å². The van der Waals surface area contributed by atoms with Crippen LogP contribution in [0.1, 0.15) is 17.8 Å². The number of pyridine rings is 1. The van der Waals surface area contributed by atoms with E-state index in [1.165, 1.54) is 0 Å². The standard InChI is InChI=1S/C15H19N3O/c1-5-6-12(9-10-19-4)15-14(18(2)3)8-7-13(11-16)17-15/h5-8H,1,9-10H2,2-4H3/b12-6-. The summed E-state index contributed by atoms with van der Waals surface area (Å²) in [6.07, 6.45) is 4.37. The Morgan fingerprint density at radius 1 is 1.53 bits per heavy atom. The molecule has 0 amide bonds. The molecule has 0 aliphatic heterocycles. The SMILES string of the molecule is C=C/C=C(/CCOC)c1nc(C#N)ccc1N(C)C. The third kappa shape index (κ3) is 3.94. The van der Waals surface area contributed by atoms with Crippen LogP contribution in [-0.2, 0) is 4.74 Å². The molecule has 1 rings (SSSR count). The average Bonchev–Trinajstić information content (AvgIpc) is 2.42. The van der Waals surface area contributed by atoms with Gasteiger partial charge in [0.05, 0.1) is 18.0 Å². The molecular formula is C15H19N3O. The maximum Gasteiger partial charge on any atom is 0.141 e. The number of anilines is 1. The Balaban J connectivity index is 3.30. The van der Waals surface area contributed by atoms with Gasteiger partial charge in [0, 0.05) is 21.2 Å². The summed E-state index contributed by atoms with van der Waals surface area (Å²) >= 11 is 0. The van der Waals surface area contributed by atoms with Crippen LogP contribution in [0.5, 0.6) is 0 Å². The maximum absolute atomic E-state index is 8.99. The lowest BCUT2D eigenvalue weighted by Gasteiger charge is -2.18. The second kappa shape index (κ2) is 7.34. The molecule has 0 aromatic carbocycles. The van der Waals surface area contributed by atoms with E-state index in [9.17, 15) is 0 Å². The topological polar surface area (TPSA) is 49.1 Å². The smallest absolute Gasteiger partial charge is 0.141 e. The molecule has 100 valence electrons. The Labute approximate surface area is 114 Å². The van der Waals surface area contributed by atoms with Crippen molar-refractivity contribution in [1.82, 2.24) is 4.98 Å². The first-order valence-corrected chi connectivity index (χ1v) is 6.03. The molecule has 0 aliphatic rings. The predicted molar refractivity (Wildman–Crippen MR) is 77.9 cm³/mol. The van der Waals surface area contributed by atoms with Gasteiger partial charge in [0.2, 0.25) is 0 Å².